The first kappa shape index (κ1) is 14.9. The number of nitrogens with one attached hydrogen (secondary N) is 1. The first-order chi connectivity index (χ1) is 7.74. The maximum absolute atomic E-state index is 11.2. The van der Waals surface area contributed by atoms with Gasteiger partial charge in [-0.3, -0.25) is 9.59 Å². The summed E-state index contributed by atoms with van der Waals surface area (Å²) in [6.07, 6.45) is 3.07. The van der Waals surface area contributed by atoms with Crippen LogP contribution in [0, 0.1) is 0 Å². The summed E-state index contributed by atoms with van der Waals surface area (Å²) in [5.41, 5.74) is 0. The van der Waals surface area contributed by atoms with Gasteiger partial charge in [-0.05, 0) is 12.8 Å². The highest BCUT2D eigenvalue weighted by Crippen LogP contribution is 2.09. The van der Waals surface area contributed by atoms with Crippen molar-refractivity contribution in [3.05, 3.63) is 0 Å². The molecule has 0 radical (unpaired) electrons. The van der Waals surface area contributed by atoms with E-state index in [1.807, 2.05) is 25.7 Å². The third-order valence-corrected chi connectivity index (χ3v) is 2.42. The minimum Gasteiger partial charge on any atom is -0.356 e. The molecule has 4 nitrogen and oxygen atoms in total. The van der Waals surface area contributed by atoms with Crippen molar-refractivity contribution in [2.75, 3.05) is 19.6 Å². The van der Waals surface area contributed by atoms with Crippen molar-refractivity contribution in [2.24, 2.45) is 0 Å². The van der Waals surface area contributed by atoms with Crippen molar-refractivity contribution in [3.8, 4) is 0 Å². The maximum atomic E-state index is 11.2. The number of rotatable bonds is 5. The van der Waals surface area contributed by atoms with E-state index in [4.69, 9.17) is 0 Å². The maximum Gasteiger partial charge on any atom is 0.222 e. The van der Waals surface area contributed by atoms with E-state index < -0.39 is 0 Å². The Labute approximate surface area is 98.4 Å². The second-order valence-electron chi connectivity index (χ2n) is 3.54. The average molecular weight is 228 g/mol. The Bertz CT molecular complexity index is 217. The normalized spacial score (nSPS) is 14.4. The van der Waals surface area contributed by atoms with E-state index in [-0.39, 0.29) is 11.8 Å². The topological polar surface area (TPSA) is 49.4 Å². The summed E-state index contributed by atoms with van der Waals surface area (Å²) in [6.45, 7) is 8.18. The highest BCUT2D eigenvalue weighted by Gasteiger charge is 2.18. The van der Waals surface area contributed by atoms with Crippen LogP contribution in [-0.2, 0) is 9.59 Å². The van der Waals surface area contributed by atoms with Crippen molar-refractivity contribution in [2.45, 2.75) is 46.5 Å². The molecule has 1 aliphatic heterocycles. The SMILES string of the molecule is CC.CCC(=O)NCCCN1CCCC1=O. The molecule has 1 heterocycles. The van der Waals surface area contributed by atoms with E-state index in [1.54, 1.807) is 0 Å². The van der Waals surface area contributed by atoms with Gasteiger partial charge in [-0.1, -0.05) is 20.8 Å². The molecule has 1 rings (SSSR count). The molecule has 2 amide bonds. The van der Waals surface area contributed by atoms with E-state index in [0.717, 1.165) is 25.9 Å². The predicted molar refractivity (Wildman–Crippen MR) is 65.1 cm³/mol. The Balaban J connectivity index is 0.00000106. The van der Waals surface area contributed by atoms with Crippen LogP contribution < -0.4 is 5.32 Å². The van der Waals surface area contributed by atoms with Gasteiger partial charge in [0.2, 0.25) is 11.8 Å². The molecule has 16 heavy (non-hydrogen) atoms. The Hall–Kier alpha value is -1.06. The predicted octanol–water partition coefficient (Wildman–Crippen LogP) is 1.55. The number of hydrogen-bond donors (Lipinski definition) is 1. The third kappa shape index (κ3) is 5.73. The van der Waals surface area contributed by atoms with Gasteiger partial charge in [-0.25, -0.2) is 0 Å². The fourth-order valence-electron chi connectivity index (χ4n) is 1.56. The van der Waals surface area contributed by atoms with Gasteiger partial charge in [-0.15, -0.1) is 0 Å². The number of likely N-dealkylation sites (tertiary alicyclic amines) is 1. The lowest BCUT2D eigenvalue weighted by molar-refractivity contribution is -0.127. The van der Waals surface area contributed by atoms with Gasteiger partial charge in [0.05, 0.1) is 0 Å². The summed E-state index contributed by atoms with van der Waals surface area (Å²) in [6, 6.07) is 0. The zero-order valence-electron chi connectivity index (χ0n) is 10.7. The highest BCUT2D eigenvalue weighted by molar-refractivity contribution is 5.78. The molecule has 0 atom stereocenters. The number of nitrogens with zero attached hydrogens (tertiary/aromatic N) is 1. The zero-order valence-corrected chi connectivity index (χ0v) is 10.7. The minimum atomic E-state index is 0.0812. The molecule has 1 saturated heterocycles. The fraction of sp³-hybridized carbons (Fsp3) is 0.833. The Morgan fingerprint density at radius 2 is 2.12 bits per heavy atom. The van der Waals surface area contributed by atoms with Crippen LogP contribution in [0.3, 0.4) is 0 Å². The van der Waals surface area contributed by atoms with Gasteiger partial charge in [-0.2, -0.15) is 0 Å². The van der Waals surface area contributed by atoms with Crippen LogP contribution in [0.25, 0.3) is 0 Å². The quantitative estimate of drug-likeness (QED) is 0.726. The molecule has 1 fully saturated rings. The second-order valence-corrected chi connectivity index (χ2v) is 3.54. The summed E-state index contributed by atoms with van der Waals surface area (Å²) < 4.78 is 0. The van der Waals surface area contributed by atoms with Crippen LogP contribution in [-0.4, -0.2) is 36.3 Å². The Kier molecular flexibility index (Phi) is 8.58. The van der Waals surface area contributed by atoms with E-state index in [9.17, 15) is 9.59 Å². The summed E-state index contributed by atoms with van der Waals surface area (Å²) in [7, 11) is 0. The van der Waals surface area contributed by atoms with Crippen molar-refractivity contribution in [1.29, 1.82) is 0 Å². The van der Waals surface area contributed by atoms with Crippen LogP contribution in [0.1, 0.15) is 46.5 Å². The van der Waals surface area contributed by atoms with Gasteiger partial charge in [0.1, 0.15) is 0 Å². The molecule has 0 aliphatic carbocycles. The fourth-order valence-corrected chi connectivity index (χ4v) is 1.56. The summed E-state index contributed by atoms with van der Waals surface area (Å²) >= 11 is 0. The van der Waals surface area contributed by atoms with Crippen LogP contribution in [0.15, 0.2) is 0 Å². The van der Waals surface area contributed by atoms with Crippen LogP contribution >= 0.6 is 0 Å². The molecule has 1 N–H and O–H groups in total. The minimum absolute atomic E-state index is 0.0812. The lowest BCUT2D eigenvalue weighted by Crippen LogP contribution is -2.30. The highest BCUT2D eigenvalue weighted by atomic mass is 16.2. The molecule has 94 valence electrons. The zero-order chi connectivity index (χ0) is 12.4. The summed E-state index contributed by atoms with van der Waals surface area (Å²) in [4.78, 5) is 24.0. The molecule has 0 spiro atoms. The number of carbonyl (C=O) groups excluding carboxylic acids is 2. The third-order valence-electron chi connectivity index (χ3n) is 2.42. The molecule has 0 aromatic carbocycles. The Morgan fingerprint density at radius 3 is 2.62 bits per heavy atom. The first-order valence-electron chi connectivity index (χ1n) is 6.28. The molecule has 0 aromatic heterocycles. The van der Waals surface area contributed by atoms with E-state index in [1.165, 1.54) is 0 Å². The molecule has 0 aromatic rings. The van der Waals surface area contributed by atoms with Gasteiger partial charge < -0.3 is 10.2 Å². The van der Waals surface area contributed by atoms with E-state index >= 15 is 0 Å². The van der Waals surface area contributed by atoms with Crippen molar-refractivity contribution in [3.63, 3.8) is 0 Å². The van der Waals surface area contributed by atoms with Gasteiger partial charge in [0, 0.05) is 32.5 Å². The first-order valence-corrected chi connectivity index (χ1v) is 6.28. The molecule has 0 bridgehead atoms. The Morgan fingerprint density at radius 1 is 1.44 bits per heavy atom. The van der Waals surface area contributed by atoms with Crippen molar-refractivity contribution < 1.29 is 9.59 Å². The number of amides is 2. The molecular weight excluding hydrogens is 204 g/mol. The van der Waals surface area contributed by atoms with E-state index in [2.05, 4.69) is 5.32 Å². The molecule has 4 heteroatoms. The van der Waals surface area contributed by atoms with Crippen LogP contribution in [0.5, 0.6) is 0 Å². The number of carbonyl (C=O) groups is 2. The lowest BCUT2D eigenvalue weighted by Gasteiger charge is -2.14. The van der Waals surface area contributed by atoms with Crippen molar-refractivity contribution in [1.82, 2.24) is 10.2 Å². The molecule has 0 unspecified atom stereocenters. The molecule has 1 aliphatic rings. The van der Waals surface area contributed by atoms with Crippen LogP contribution in [0.4, 0.5) is 0 Å². The van der Waals surface area contributed by atoms with Gasteiger partial charge in [0.25, 0.3) is 0 Å². The molecular formula is C12H24N2O2. The van der Waals surface area contributed by atoms with Crippen molar-refractivity contribution >= 4 is 11.8 Å². The summed E-state index contributed by atoms with van der Waals surface area (Å²) in [5.74, 6) is 0.338. The van der Waals surface area contributed by atoms with Crippen LogP contribution in [0.2, 0.25) is 0 Å². The smallest absolute Gasteiger partial charge is 0.222 e. The van der Waals surface area contributed by atoms with Gasteiger partial charge >= 0.3 is 0 Å². The number of hydrogen-bond acceptors (Lipinski definition) is 2. The largest absolute Gasteiger partial charge is 0.356 e. The standard InChI is InChI=1S/C10H18N2O2.C2H6/c1-2-9(13)11-6-4-8-12-7-3-5-10(12)14;1-2/h2-8H2,1H3,(H,11,13);1-2H3. The second kappa shape index (κ2) is 9.19. The summed E-state index contributed by atoms with van der Waals surface area (Å²) in [5, 5.41) is 2.79. The average Bonchev–Trinajstić information content (AvgIpc) is 2.73. The molecule has 0 saturated carbocycles. The monoisotopic (exact) mass is 228 g/mol. The van der Waals surface area contributed by atoms with E-state index in [0.29, 0.717) is 19.4 Å². The van der Waals surface area contributed by atoms with Gasteiger partial charge in [0.15, 0.2) is 0 Å². The lowest BCUT2D eigenvalue weighted by atomic mass is 10.3.